The fraction of sp³-hybridized carbons (Fsp3) is 0.519. The number of alkyl halides is 3. The van der Waals surface area contributed by atoms with Gasteiger partial charge in [-0.05, 0) is 49.9 Å². The lowest BCUT2D eigenvalue weighted by Crippen LogP contribution is -2.63. The zero-order valence-corrected chi connectivity index (χ0v) is 22.1. The Balaban J connectivity index is 1.11. The normalized spacial score (nSPS) is 22.2. The number of hydrogen-bond acceptors (Lipinski definition) is 8. The first kappa shape index (κ1) is 28.1. The van der Waals surface area contributed by atoms with Crippen molar-refractivity contribution in [3.8, 4) is 5.88 Å². The minimum absolute atomic E-state index is 0.0265. The molecule has 1 amide bonds. The number of methoxy groups -OCH3 is 1. The number of hydrogen-bond donors (Lipinski definition) is 4. The molecule has 3 heterocycles. The predicted molar refractivity (Wildman–Crippen MR) is 141 cm³/mol. The van der Waals surface area contributed by atoms with Gasteiger partial charge < -0.3 is 25.6 Å². The Morgan fingerprint density at radius 1 is 1.20 bits per heavy atom. The molecule has 1 aliphatic carbocycles. The van der Waals surface area contributed by atoms with Crippen LogP contribution in [-0.4, -0.2) is 81.2 Å². The van der Waals surface area contributed by atoms with Crippen molar-refractivity contribution in [2.45, 2.75) is 56.1 Å². The molecule has 13 heteroatoms. The van der Waals surface area contributed by atoms with Crippen LogP contribution in [0.1, 0.15) is 36.8 Å². The first-order valence-corrected chi connectivity index (χ1v) is 13.3. The van der Waals surface area contributed by atoms with Crippen LogP contribution in [0.2, 0.25) is 0 Å². The molecule has 10 nitrogen and oxygen atoms in total. The summed E-state index contributed by atoms with van der Waals surface area (Å²) in [7, 11) is 1.55. The minimum Gasteiger partial charge on any atom is -0.481 e. The van der Waals surface area contributed by atoms with E-state index in [-0.39, 0.29) is 42.8 Å². The molecule has 0 unspecified atom stereocenters. The number of aliphatic hydroxyl groups excluding tert-OH is 1. The fourth-order valence-electron chi connectivity index (χ4n) is 5.61. The molecule has 0 atom stereocenters. The summed E-state index contributed by atoms with van der Waals surface area (Å²) in [6.07, 6.45) is 0.0496. The Hall–Kier alpha value is -3.42. The quantitative estimate of drug-likeness (QED) is 0.314. The molecule has 3 aromatic rings. The number of nitrogens with zero attached hydrogens (tertiary/aromatic N) is 4. The number of aliphatic hydroxyl groups is 2. The van der Waals surface area contributed by atoms with E-state index in [1.165, 1.54) is 10.7 Å². The first-order valence-electron chi connectivity index (χ1n) is 13.3. The highest BCUT2D eigenvalue weighted by Crippen LogP contribution is 2.39. The largest absolute Gasteiger partial charge is 0.481 e. The molecule has 1 aliphatic heterocycles. The third-order valence-corrected chi connectivity index (χ3v) is 7.86. The lowest BCUT2D eigenvalue weighted by Gasteiger charge is -2.48. The van der Waals surface area contributed by atoms with Crippen molar-refractivity contribution in [1.29, 1.82) is 0 Å². The molecule has 40 heavy (non-hydrogen) atoms. The van der Waals surface area contributed by atoms with E-state index in [4.69, 9.17) is 4.74 Å². The molecular weight excluding hydrogens is 529 g/mol. The maximum Gasteiger partial charge on any atom is 0.416 e. The van der Waals surface area contributed by atoms with E-state index in [0.29, 0.717) is 43.4 Å². The van der Waals surface area contributed by atoms with Gasteiger partial charge in [-0.15, -0.1) is 0 Å². The Kier molecular flexibility index (Phi) is 7.89. The van der Waals surface area contributed by atoms with Gasteiger partial charge in [-0.1, -0.05) is 0 Å². The highest BCUT2D eigenvalue weighted by molar-refractivity contribution is 5.92. The number of fused-ring (bicyclic) bond motifs is 1. The van der Waals surface area contributed by atoms with Gasteiger partial charge in [-0.25, -0.2) is 4.98 Å². The van der Waals surface area contributed by atoms with Crippen LogP contribution in [0, 0.1) is 0 Å². The van der Waals surface area contributed by atoms with E-state index in [1.54, 1.807) is 19.4 Å². The second-order valence-corrected chi connectivity index (χ2v) is 10.4. The Morgan fingerprint density at radius 3 is 2.58 bits per heavy atom. The summed E-state index contributed by atoms with van der Waals surface area (Å²) in [5.41, 5.74) is -0.499. The summed E-state index contributed by atoms with van der Waals surface area (Å²) < 4.78 is 46.2. The van der Waals surface area contributed by atoms with Crippen LogP contribution in [0.4, 0.5) is 19.0 Å². The van der Waals surface area contributed by atoms with Crippen molar-refractivity contribution in [2.75, 3.05) is 38.7 Å². The van der Waals surface area contributed by atoms with Gasteiger partial charge >= 0.3 is 6.18 Å². The van der Waals surface area contributed by atoms with Gasteiger partial charge in [-0.3, -0.25) is 14.4 Å². The summed E-state index contributed by atoms with van der Waals surface area (Å²) in [6.45, 7) is 1.13. The molecule has 216 valence electrons. The predicted octanol–water partition coefficient (Wildman–Crippen LogP) is 2.49. The average Bonchev–Trinajstić information content (AvgIpc) is 3.26. The van der Waals surface area contributed by atoms with E-state index < -0.39 is 17.3 Å². The van der Waals surface area contributed by atoms with Gasteiger partial charge in [0.1, 0.15) is 0 Å². The molecule has 0 bridgehead atoms. The van der Waals surface area contributed by atoms with Gasteiger partial charge in [0.2, 0.25) is 11.8 Å². The summed E-state index contributed by atoms with van der Waals surface area (Å²) in [6, 6.07) is 7.18. The fourth-order valence-corrected chi connectivity index (χ4v) is 5.61. The maximum absolute atomic E-state index is 13.2. The molecule has 4 N–H and O–H groups in total. The summed E-state index contributed by atoms with van der Waals surface area (Å²) in [5.74, 6) is 0.374. The van der Waals surface area contributed by atoms with Crippen molar-refractivity contribution < 1.29 is 32.9 Å². The summed E-state index contributed by atoms with van der Waals surface area (Å²) in [4.78, 5) is 19.1. The monoisotopic (exact) mass is 562 g/mol. The third-order valence-electron chi connectivity index (χ3n) is 7.86. The summed E-state index contributed by atoms with van der Waals surface area (Å²) in [5, 5.41) is 30.7. The van der Waals surface area contributed by atoms with Crippen molar-refractivity contribution >= 4 is 22.6 Å². The lowest BCUT2D eigenvalue weighted by molar-refractivity contribution is -0.137. The SMILES string of the molecule is COc1ccc([C@]2(O)CC[C@H](N3CC(NC(=O)CNc4nn(CCO)c5ccc(C(F)(F)F)cc45)C3)CC2)cn1. The number of amides is 1. The van der Waals surface area contributed by atoms with Crippen LogP contribution in [0.3, 0.4) is 0 Å². The number of ether oxygens (including phenoxy) is 1. The number of nitrogens with one attached hydrogen (secondary N) is 2. The molecule has 1 aromatic carbocycles. The van der Waals surface area contributed by atoms with Crippen molar-refractivity contribution in [1.82, 2.24) is 25.0 Å². The molecule has 5 rings (SSSR count). The summed E-state index contributed by atoms with van der Waals surface area (Å²) >= 11 is 0. The smallest absolute Gasteiger partial charge is 0.416 e. The zero-order chi connectivity index (χ0) is 28.5. The topological polar surface area (TPSA) is 125 Å². The van der Waals surface area contributed by atoms with Gasteiger partial charge in [0.25, 0.3) is 0 Å². The maximum atomic E-state index is 13.2. The van der Waals surface area contributed by atoms with E-state index in [2.05, 4.69) is 25.6 Å². The van der Waals surface area contributed by atoms with Crippen molar-refractivity contribution in [2.24, 2.45) is 0 Å². The van der Waals surface area contributed by atoms with Crippen LogP contribution in [0.5, 0.6) is 5.88 Å². The number of pyridine rings is 1. The van der Waals surface area contributed by atoms with Gasteiger partial charge in [-0.2, -0.15) is 18.3 Å². The third kappa shape index (κ3) is 5.86. The highest BCUT2D eigenvalue weighted by Gasteiger charge is 2.40. The van der Waals surface area contributed by atoms with Crippen molar-refractivity contribution in [3.63, 3.8) is 0 Å². The van der Waals surface area contributed by atoms with Crippen LogP contribution < -0.4 is 15.4 Å². The lowest BCUT2D eigenvalue weighted by atomic mass is 9.77. The van der Waals surface area contributed by atoms with Gasteiger partial charge in [0.05, 0.1) is 49.5 Å². The minimum atomic E-state index is -4.51. The van der Waals surface area contributed by atoms with E-state index in [1.807, 2.05) is 6.07 Å². The Morgan fingerprint density at radius 2 is 1.95 bits per heavy atom. The Labute approximate surface area is 229 Å². The number of aromatic nitrogens is 3. The molecule has 0 spiro atoms. The number of carbonyl (C=O) groups is 1. The second-order valence-electron chi connectivity index (χ2n) is 10.4. The number of carbonyl (C=O) groups excluding carboxylic acids is 1. The molecule has 1 saturated heterocycles. The van der Waals surface area contributed by atoms with Crippen LogP contribution in [-0.2, 0) is 23.1 Å². The highest BCUT2D eigenvalue weighted by atomic mass is 19.4. The zero-order valence-electron chi connectivity index (χ0n) is 22.1. The number of benzene rings is 1. The number of likely N-dealkylation sites (tertiary alicyclic amines) is 1. The molecule has 2 fully saturated rings. The Bertz CT molecular complexity index is 1330. The average molecular weight is 563 g/mol. The molecule has 2 aliphatic rings. The van der Waals surface area contributed by atoms with Crippen LogP contribution >= 0.6 is 0 Å². The van der Waals surface area contributed by atoms with Gasteiger partial charge in [0, 0.05) is 42.3 Å². The molecule has 1 saturated carbocycles. The van der Waals surface area contributed by atoms with Crippen molar-refractivity contribution in [3.05, 3.63) is 47.7 Å². The van der Waals surface area contributed by atoms with E-state index in [9.17, 15) is 28.2 Å². The molecule has 0 radical (unpaired) electrons. The van der Waals surface area contributed by atoms with E-state index in [0.717, 1.165) is 30.5 Å². The van der Waals surface area contributed by atoms with Crippen LogP contribution in [0.25, 0.3) is 10.9 Å². The number of rotatable bonds is 9. The number of anilines is 1. The van der Waals surface area contributed by atoms with E-state index >= 15 is 0 Å². The first-order chi connectivity index (χ1) is 19.1. The second kappa shape index (κ2) is 11.2. The standard InChI is InChI=1S/C27H33F3N6O4/c1-40-24-5-3-18(13-31-24)26(39)8-6-20(7-9-26)35-15-19(16-35)33-23(38)14-32-25-21-12-17(27(28,29)30)2-4-22(21)36(34-25)10-11-37/h2-5,12-13,19-20,37,39H,6-11,14-16H2,1H3,(H,32,34)(H,33,38)/t20-,26-. The molecule has 2 aromatic heterocycles. The molecular formula is C27H33F3N6O4. The number of halogens is 3. The van der Waals surface area contributed by atoms with Crippen LogP contribution in [0.15, 0.2) is 36.5 Å². The van der Waals surface area contributed by atoms with Gasteiger partial charge in [0.15, 0.2) is 5.82 Å².